The fourth-order valence-corrected chi connectivity index (χ4v) is 2.47. The van der Waals surface area contributed by atoms with Crippen LogP contribution in [0.4, 0.5) is 11.4 Å². The molecule has 0 unspecified atom stereocenters. The van der Waals surface area contributed by atoms with Gasteiger partial charge in [0.25, 0.3) is 11.7 Å². The molecule has 2 aromatic rings. The number of Topliss-reactive ketones (excluding diaryl/α,β-unsaturated/α-hetero) is 1. The number of carbonyl (C=O) groups is 2. The molecule has 4 heteroatoms. The van der Waals surface area contributed by atoms with Crippen molar-refractivity contribution in [2.75, 3.05) is 23.3 Å². The summed E-state index contributed by atoms with van der Waals surface area (Å²) in [6.07, 6.45) is 0. The van der Waals surface area contributed by atoms with E-state index in [0.717, 1.165) is 24.3 Å². The molecule has 1 amide bonds. The number of benzene rings is 2. The molecule has 0 saturated heterocycles. The number of anilines is 2. The number of nitrogens with zero attached hydrogens (tertiary/aromatic N) is 1. The van der Waals surface area contributed by atoms with Crippen molar-refractivity contribution in [1.82, 2.24) is 0 Å². The molecular formula is C19H22N2O2. The van der Waals surface area contributed by atoms with E-state index in [1.165, 1.54) is 0 Å². The van der Waals surface area contributed by atoms with Gasteiger partial charge in [-0.1, -0.05) is 30.3 Å². The third kappa shape index (κ3) is 3.97. The summed E-state index contributed by atoms with van der Waals surface area (Å²) < 4.78 is 0. The summed E-state index contributed by atoms with van der Waals surface area (Å²) in [5.41, 5.74) is 3.10. The van der Waals surface area contributed by atoms with Crippen molar-refractivity contribution in [2.24, 2.45) is 0 Å². The Kier molecular flexibility index (Phi) is 5.52. The zero-order chi connectivity index (χ0) is 16.8. The lowest BCUT2D eigenvalue weighted by Gasteiger charge is -2.22. The highest BCUT2D eigenvalue weighted by Crippen LogP contribution is 2.22. The number of hydrogen-bond donors (Lipinski definition) is 1. The van der Waals surface area contributed by atoms with Crippen LogP contribution in [-0.2, 0) is 4.79 Å². The van der Waals surface area contributed by atoms with Gasteiger partial charge in [0.2, 0.25) is 0 Å². The molecule has 0 heterocycles. The molecule has 23 heavy (non-hydrogen) atoms. The first-order chi connectivity index (χ1) is 11.1. The Bertz CT molecular complexity index is 692. The molecule has 0 aliphatic carbocycles. The number of carbonyl (C=O) groups excluding carboxylic acids is 2. The molecule has 120 valence electrons. The summed E-state index contributed by atoms with van der Waals surface area (Å²) in [7, 11) is 0. The van der Waals surface area contributed by atoms with Crippen LogP contribution in [0.25, 0.3) is 0 Å². The lowest BCUT2D eigenvalue weighted by atomic mass is 10.1. The van der Waals surface area contributed by atoms with Gasteiger partial charge in [-0.05, 0) is 44.5 Å². The van der Waals surface area contributed by atoms with Crippen LogP contribution in [0.15, 0.2) is 48.5 Å². The molecule has 2 aromatic carbocycles. The Morgan fingerprint density at radius 2 is 1.65 bits per heavy atom. The largest absolute Gasteiger partial charge is 0.372 e. The van der Waals surface area contributed by atoms with Crippen molar-refractivity contribution in [3.63, 3.8) is 0 Å². The summed E-state index contributed by atoms with van der Waals surface area (Å²) in [4.78, 5) is 26.5. The number of ketones is 1. The minimum atomic E-state index is -0.616. The molecule has 4 nitrogen and oxygen atoms in total. The zero-order valence-corrected chi connectivity index (χ0v) is 13.8. The summed E-state index contributed by atoms with van der Waals surface area (Å²) in [5, 5.41) is 2.70. The normalized spacial score (nSPS) is 10.2. The third-order valence-electron chi connectivity index (χ3n) is 3.83. The molecule has 0 radical (unpaired) electrons. The number of aryl methyl sites for hydroxylation is 1. The molecule has 0 spiro atoms. The highest BCUT2D eigenvalue weighted by molar-refractivity contribution is 6.46. The van der Waals surface area contributed by atoms with Crippen molar-refractivity contribution < 1.29 is 9.59 Å². The van der Waals surface area contributed by atoms with Gasteiger partial charge in [-0.3, -0.25) is 9.59 Å². The van der Waals surface area contributed by atoms with Crippen molar-refractivity contribution >= 4 is 23.1 Å². The van der Waals surface area contributed by atoms with Crippen LogP contribution < -0.4 is 10.2 Å². The quantitative estimate of drug-likeness (QED) is 0.654. The van der Waals surface area contributed by atoms with Crippen LogP contribution in [0.2, 0.25) is 0 Å². The van der Waals surface area contributed by atoms with Crippen LogP contribution >= 0.6 is 0 Å². The van der Waals surface area contributed by atoms with Crippen molar-refractivity contribution in [3.05, 3.63) is 59.7 Å². The van der Waals surface area contributed by atoms with Crippen LogP contribution in [-0.4, -0.2) is 24.8 Å². The van der Waals surface area contributed by atoms with Gasteiger partial charge in [0.05, 0.1) is 0 Å². The standard InChI is InChI=1S/C19H22N2O2/c1-4-21(5-2)16-11-12-17(14(3)13-16)20-19(23)18(22)15-9-7-6-8-10-15/h6-13H,4-5H2,1-3H3,(H,20,23). The molecule has 0 aliphatic heterocycles. The second-order valence-electron chi connectivity index (χ2n) is 5.32. The van der Waals surface area contributed by atoms with Gasteiger partial charge in [-0.15, -0.1) is 0 Å². The van der Waals surface area contributed by atoms with Crippen LogP contribution in [0.1, 0.15) is 29.8 Å². The van der Waals surface area contributed by atoms with Gasteiger partial charge in [0, 0.05) is 30.0 Å². The van der Waals surface area contributed by atoms with Gasteiger partial charge in [-0.2, -0.15) is 0 Å². The fraction of sp³-hybridized carbons (Fsp3) is 0.263. The molecule has 0 saturated carbocycles. The zero-order valence-electron chi connectivity index (χ0n) is 13.8. The van der Waals surface area contributed by atoms with Crippen molar-refractivity contribution in [1.29, 1.82) is 0 Å². The molecular weight excluding hydrogens is 288 g/mol. The van der Waals surface area contributed by atoms with E-state index in [9.17, 15) is 9.59 Å². The average molecular weight is 310 g/mol. The Hall–Kier alpha value is -2.62. The Labute approximate surface area is 137 Å². The van der Waals surface area contributed by atoms with Crippen LogP contribution in [0.3, 0.4) is 0 Å². The van der Waals surface area contributed by atoms with Crippen molar-refractivity contribution in [3.8, 4) is 0 Å². The number of hydrogen-bond acceptors (Lipinski definition) is 3. The predicted molar refractivity (Wildman–Crippen MR) is 94.1 cm³/mol. The van der Waals surface area contributed by atoms with E-state index in [2.05, 4.69) is 24.1 Å². The monoisotopic (exact) mass is 310 g/mol. The molecule has 0 fully saturated rings. The van der Waals surface area contributed by atoms with E-state index in [-0.39, 0.29) is 0 Å². The third-order valence-corrected chi connectivity index (χ3v) is 3.83. The summed E-state index contributed by atoms with van der Waals surface area (Å²) >= 11 is 0. The van der Waals surface area contributed by atoms with Crippen LogP contribution in [0.5, 0.6) is 0 Å². The summed E-state index contributed by atoms with van der Waals surface area (Å²) in [6.45, 7) is 7.98. The first-order valence-electron chi connectivity index (χ1n) is 7.83. The summed E-state index contributed by atoms with van der Waals surface area (Å²) in [5.74, 6) is -1.15. The van der Waals surface area contributed by atoms with E-state index in [0.29, 0.717) is 11.3 Å². The minimum Gasteiger partial charge on any atom is -0.372 e. The predicted octanol–water partition coefficient (Wildman–Crippen LogP) is 3.66. The van der Waals surface area contributed by atoms with E-state index in [1.807, 2.05) is 31.2 Å². The average Bonchev–Trinajstić information content (AvgIpc) is 2.58. The highest BCUT2D eigenvalue weighted by Gasteiger charge is 2.17. The van der Waals surface area contributed by atoms with Gasteiger partial charge in [-0.25, -0.2) is 0 Å². The van der Waals surface area contributed by atoms with Crippen LogP contribution in [0, 0.1) is 6.92 Å². The molecule has 1 N–H and O–H groups in total. The Morgan fingerprint density at radius 1 is 1.00 bits per heavy atom. The molecule has 0 bridgehead atoms. The van der Waals surface area contributed by atoms with Gasteiger partial charge >= 0.3 is 0 Å². The highest BCUT2D eigenvalue weighted by atomic mass is 16.2. The van der Waals surface area contributed by atoms with Gasteiger partial charge in [0.15, 0.2) is 0 Å². The first-order valence-corrected chi connectivity index (χ1v) is 7.83. The smallest absolute Gasteiger partial charge is 0.296 e. The topological polar surface area (TPSA) is 49.4 Å². The second-order valence-corrected chi connectivity index (χ2v) is 5.32. The SMILES string of the molecule is CCN(CC)c1ccc(NC(=O)C(=O)c2ccccc2)c(C)c1. The maximum absolute atomic E-state index is 12.1. The number of rotatable bonds is 6. The Morgan fingerprint density at radius 3 is 2.22 bits per heavy atom. The lowest BCUT2D eigenvalue weighted by Crippen LogP contribution is -2.24. The summed E-state index contributed by atoms with van der Waals surface area (Å²) in [6, 6.07) is 14.4. The molecule has 2 rings (SSSR count). The van der Waals surface area contributed by atoms with E-state index in [4.69, 9.17) is 0 Å². The molecule has 0 aromatic heterocycles. The van der Waals surface area contributed by atoms with E-state index in [1.54, 1.807) is 24.3 Å². The maximum Gasteiger partial charge on any atom is 0.296 e. The second kappa shape index (κ2) is 7.58. The fourth-order valence-electron chi connectivity index (χ4n) is 2.47. The Balaban J connectivity index is 2.14. The number of amides is 1. The first kappa shape index (κ1) is 16.7. The van der Waals surface area contributed by atoms with E-state index < -0.39 is 11.7 Å². The minimum absolute atomic E-state index is 0.391. The van der Waals surface area contributed by atoms with Gasteiger partial charge in [0.1, 0.15) is 0 Å². The van der Waals surface area contributed by atoms with Crippen molar-refractivity contribution in [2.45, 2.75) is 20.8 Å². The maximum atomic E-state index is 12.1. The van der Waals surface area contributed by atoms with Gasteiger partial charge < -0.3 is 10.2 Å². The molecule has 0 atom stereocenters. The molecule has 0 aliphatic rings. The number of nitrogens with one attached hydrogen (secondary N) is 1. The van der Waals surface area contributed by atoms with E-state index >= 15 is 0 Å². The lowest BCUT2D eigenvalue weighted by molar-refractivity contribution is -0.112.